The van der Waals surface area contributed by atoms with E-state index in [4.69, 9.17) is 11.6 Å². The van der Waals surface area contributed by atoms with E-state index in [1.807, 2.05) is 6.92 Å². The van der Waals surface area contributed by atoms with Crippen molar-refractivity contribution < 1.29 is 18.0 Å². The van der Waals surface area contributed by atoms with Gasteiger partial charge in [-0.25, -0.2) is 12.7 Å². The van der Waals surface area contributed by atoms with Gasteiger partial charge in [0.05, 0.1) is 4.90 Å². The number of halogens is 1. The maximum Gasteiger partial charge on any atom is 0.267 e. The molecule has 0 aliphatic carbocycles. The van der Waals surface area contributed by atoms with E-state index in [1.54, 1.807) is 38.1 Å². The van der Waals surface area contributed by atoms with Gasteiger partial charge >= 0.3 is 0 Å². The zero-order valence-corrected chi connectivity index (χ0v) is 17.4. The summed E-state index contributed by atoms with van der Waals surface area (Å²) >= 11 is 5.93. The number of nitrogens with one attached hydrogen (secondary N) is 1. The quantitative estimate of drug-likeness (QED) is 0.819. The Kier molecular flexibility index (Phi) is 5.50. The molecule has 148 valence electrons. The topological polar surface area (TPSA) is 83.6 Å². The highest BCUT2D eigenvalue weighted by Gasteiger charge is 2.44. The minimum atomic E-state index is -4.13. The Morgan fingerprint density at radius 2 is 1.79 bits per heavy atom. The second-order valence-electron chi connectivity index (χ2n) is 6.94. The molecular weight excluding hydrogens is 400 g/mol. The van der Waals surface area contributed by atoms with Gasteiger partial charge in [0, 0.05) is 17.1 Å². The molecule has 0 aromatic heterocycles. The van der Waals surface area contributed by atoms with Gasteiger partial charge in [-0.1, -0.05) is 17.7 Å². The lowest BCUT2D eigenvalue weighted by Crippen LogP contribution is -2.45. The smallest absolute Gasteiger partial charge is 0.267 e. The Balaban J connectivity index is 1.92. The molecular formula is C20H21ClN2O4S. The van der Waals surface area contributed by atoms with E-state index >= 15 is 0 Å². The summed E-state index contributed by atoms with van der Waals surface area (Å²) in [4.78, 5) is 25.2. The zero-order valence-electron chi connectivity index (χ0n) is 15.8. The summed E-state index contributed by atoms with van der Waals surface area (Å²) in [5.74, 6) is -1.12. The summed E-state index contributed by atoms with van der Waals surface area (Å²) in [6.45, 7) is 5.45. The molecule has 1 fully saturated rings. The molecule has 2 aromatic carbocycles. The molecule has 2 aromatic rings. The Hall–Kier alpha value is -2.38. The van der Waals surface area contributed by atoms with Crippen LogP contribution in [0.1, 0.15) is 29.5 Å². The van der Waals surface area contributed by atoms with Gasteiger partial charge in [-0.2, -0.15) is 0 Å². The van der Waals surface area contributed by atoms with E-state index in [0.29, 0.717) is 10.7 Å². The number of rotatable bonds is 4. The maximum atomic E-state index is 13.1. The SMILES string of the molecule is Cc1ccc(S(=O)(=O)N2C(=O)CC[C@@H]2C(=O)Nc2ccc(Cl)cc2C)cc1C. The van der Waals surface area contributed by atoms with Crippen LogP contribution in [0.2, 0.25) is 5.02 Å². The monoisotopic (exact) mass is 420 g/mol. The second-order valence-corrected chi connectivity index (χ2v) is 9.19. The first kappa shape index (κ1) is 20.4. The summed E-state index contributed by atoms with van der Waals surface area (Å²) in [7, 11) is -4.13. The molecule has 0 bridgehead atoms. The van der Waals surface area contributed by atoms with Crippen LogP contribution in [-0.2, 0) is 19.6 Å². The summed E-state index contributed by atoms with van der Waals surface area (Å²) in [5.41, 5.74) is 3.01. The number of carbonyl (C=O) groups excluding carboxylic acids is 2. The molecule has 1 N–H and O–H groups in total. The Labute approximate surface area is 169 Å². The van der Waals surface area contributed by atoms with Crippen LogP contribution in [0.25, 0.3) is 0 Å². The first-order chi connectivity index (χ1) is 13.1. The van der Waals surface area contributed by atoms with Gasteiger partial charge < -0.3 is 5.32 Å². The van der Waals surface area contributed by atoms with Crippen molar-refractivity contribution in [2.75, 3.05) is 5.32 Å². The highest BCUT2D eigenvalue weighted by atomic mass is 35.5. The number of aryl methyl sites for hydroxylation is 3. The molecule has 8 heteroatoms. The number of amides is 2. The van der Waals surface area contributed by atoms with Crippen molar-refractivity contribution in [3.8, 4) is 0 Å². The van der Waals surface area contributed by atoms with Gasteiger partial charge in [0.1, 0.15) is 6.04 Å². The van der Waals surface area contributed by atoms with Gasteiger partial charge in [-0.05, 0) is 74.2 Å². The van der Waals surface area contributed by atoms with Crippen molar-refractivity contribution in [2.24, 2.45) is 0 Å². The molecule has 6 nitrogen and oxygen atoms in total. The lowest BCUT2D eigenvalue weighted by atomic mass is 10.1. The fourth-order valence-corrected chi connectivity index (χ4v) is 5.09. The predicted octanol–water partition coefficient (Wildman–Crippen LogP) is 3.58. The third-order valence-electron chi connectivity index (χ3n) is 4.94. The Morgan fingerprint density at radius 3 is 2.43 bits per heavy atom. The van der Waals surface area contributed by atoms with E-state index in [-0.39, 0.29) is 17.7 Å². The first-order valence-electron chi connectivity index (χ1n) is 8.83. The van der Waals surface area contributed by atoms with Crippen LogP contribution >= 0.6 is 11.6 Å². The number of anilines is 1. The summed E-state index contributed by atoms with van der Waals surface area (Å²) in [6, 6.07) is 8.56. The van der Waals surface area contributed by atoms with Crippen LogP contribution in [0.5, 0.6) is 0 Å². The Bertz CT molecular complexity index is 1070. The Morgan fingerprint density at radius 1 is 1.07 bits per heavy atom. The van der Waals surface area contributed by atoms with E-state index in [2.05, 4.69) is 5.32 Å². The van der Waals surface area contributed by atoms with E-state index in [9.17, 15) is 18.0 Å². The highest BCUT2D eigenvalue weighted by Crippen LogP contribution is 2.29. The number of carbonyl (C=O) groups is 2. The fourth-order valence-electron chi connectivity index (χ4n) is 3.17. The van der Waals surface area contributed by atoms with Gasteiger partial charge in [0.15, 0.2) is 0 Å². The highest BCUT2D eigenvalue weighted by molar-refractivity contribution is 7.89. The van der Waals surface area contributed by atoms with Crippen molar-refractivity contribution in [3.63, 3.8) is 0 Å². The van der Waals surface area contributed by atoms with Crippen LogP contribution in [0.3, 0.4) is 0 Å². The minimum absolute atomic E-state index is 0.00175. The maximum absolute atomic E-state index is 13.1. The molecule has 0 spiro atoms. The van der Waals surface area contributed by atoms with Crippen molar-refractivity contribution in [2.45, 2.75) is 44.6 Å². The van der Waals surface area contributed by atoms with Crippen molar-refractivity contribution in [1.82, 2.24) is 4.31 Å². The zero-order chi connectivity index (χ0) is 20.6. The number of sulfonamides is 1. The fraction of sp³-hybridized carbons (Fsp3) is 0.300. The lowest BCUT2D eigenvalue weighted by molar-refractivity contribution is -0.128. The molecule has 3 rings (SSSR count). The first-order valence-corrected chi connectivity index (χ1v) is 10.6. The van der Waals surface area contributed by atoms with Gasteiger partial charge in [0.2, 0.25) is 11.8 Å². The van der Waals surface area contributed by atoms with E-state index in [0.717, 1.165) is 21.0 Å². The normalized spacial score (nSPS) is 17.1. The summed E-state index contributed by atoms with van der Waals surface area (Å²) < 4.78 is 26.9. The van der Waals surface area contributed by atoms with Crippen molar-refractivity contribution >= 4 is 39.1 Å². The second kappa shape index (κ2) is 7.56. The molecule has 0 saturated carbocycles. The van der Waals surface area contributed by atoms with E-state index in [1.165, 1.54) is 12.1 Å². The standard InChI is InChI=1S/C20H21ClN2O4S/c1-12-4-6-16(11-13(12)2)28(26,27)23-18(8-9-19(23)24)20(25)22-17-7-5-15(21)10-14(17)3/h4-7,10-11,18H,8-9H2,1-3H3,(H,22,25)/t18-/m1/s1. The third-order valence-corrected chi connectivity index (χ3v) is 7.01. The molecule has 28 heavy (non-hydrogen) atoms. The third kappa shape index (κ3) is 3.77. The molecule has 1 heterocycles. The van der Waals surface area contributed by atoms with Crippen molar-refractivity contribution in [3.05, 3.63) is 58.1 Å². The molecule has 1 atom stereocenters. The number of benzene rings is 2. The average molecular weight is 421 g/mol. The number of hydrogen-bond acceptors (Lipinski definition) is 4. The van der Waals surface area contributed by atoms with Gasteiger partial charge in [0.25, 0.3) is 10.0 Å². The molecule has 1 saturated heterocycles. The molecule has 0 radical (unpaired) electrons. The average Bonchev–Trinajstić information content (AvgIpc) is 3.02. The van der Waals surface area contributed by atoms with Crippen LogP contribution < -0.4 is 5.32 Å². The predicted molar refractivity (Wildman–Crippen MR) is 108 cm³/mol. The molecule has 2 amide bonds. The van der Waals surface area contributed by atoms with Crippen LogP contribution in [-0.4, -0.2) is 30.6 Å². The molecule has 1 aliphatic rings. The molecule has 0 unspecified atom stereocenters. The van der Waals surface area contributed by atoms with Gasteiger partial charge in [-0.15, -0.1) is 0 Å². The van der Waals surface area contributed by atoms with Crippen LogP contribution in [0.15, 0.2) is 41.3 Å². The lowest BCUT2D eigenvalue weighted by Gasteiger charge is -2.24. The summed E-state index contributed by atoms with van der Waals surface area (Å²) in [6.07, 6.45) is 0.142. The number of hydrogen-bond donors (Lipinski definition) is 1. The van der Waals surface area contributed by atoms with E-state index < -0.39 is 27.9 Å². The number of nitrogens with zero attached hydrogens (tertiary/aromatic N) is 1. The molecule has 1 aliphatic heterocycles. The largest absolute Gasteiger partial charge is 0.324 e. The van der Waals surface area contributed by atoms with Gasteiger partial charge in [-0.3, -0.25) is 9.59 Å². The van der Waals surface area contributed by atoms with Crippen LogP contribution in [0, 0.1) is 20.8 Å². The minimum Gasteiger partial charge on any atom is -0.324 e. The van der Waals surface area contributed by atoms with Crippen molar-refractivity contribution in [1.29, 1.82) is 0 Å². The summed E-state index contributed by atoms with van der Waals surface area (Å²) in [5, 5.41) is 3.25. The van der Waals surface area contributed by atoms with Crippen LogP contribution in [0.4, 0.5) is 5.69 Å².